The Bertz CT molecular complexity index is 476. The number of esters is 1. The lowest BCUT2D eigenvalue weighted by molar-refractivity contribution is -0.206. The Morgan fingerprint density at radius 1 is 1.16 bits per heavy atom. The molecular weight excluding hydrogens is 244 g/mol. The van der Waals surface area contributed by atoms with E-state index in [4.69, 9.17) is 9.47 Å². The number of carbonyl (C=O) groups excluding carboxylic acids is 1. The van der Waals surface area contributed by atoms with E-state index in [0.717, 1.165) is 5.56 Å². The van der Waals surface area contributed by atoms with E-state index in [2.05, 4.69) is 0 Å². The molecule has 4 nitrogen and oxygen atoms in total. The summed E-state index contributed by atoms with van der Waals surface area (Å²) in [5.74, 6) is -0.934. The summed E-state index contributed by atoms with van der Waals surface area (Å²) >= 11 is 0. The minimum Gasteiger partial charge on any atom is -0.457 e. The topological polar surface area (TPSA) is 55.8 Å². The molecule has 0 bridgehead atoms. The maximum Gasteiger partial charge on any atom is 0.337 e. The Morgan fingerprint density at radius 3 is 2.47 bits per heavy atom. The first-order valence-electron chi connectivity index (χ1n) is 6.29. The summed E-state index contributed by atoms with van der Waals surface area (Å²) < 4.78 is 10.5. The molecule has 1 atom stereocenters. The molecule has 0 fully saturated rings. The summed E-state index contributed by atoms with van der Waals surface area (Å²) in [4.78, 5) is 11.4. The molecule has 1 aliphatic rings. The van der Waals surface area contributed by atoms with Crippen LogP contribution < -0.4 is 0 Å². The molecule has 4 heteroatoms. The average Bonchev–Trinajstić information content (AvgIpc) is 2.26. The van der Waals surface area contributed by atoms with Gasteiger partial charge in [0, 0.05) is 20.3 Å². The number of benzene rings is 1. The SMILES string of the molecule is CC1(C)OC(=O)C=C(CC(O)Cc2ccccc2)O1. The van der Waals surface area contributed by atoms with Crippen molar-refractivity contribution in [3.05, 3.63) is 47.7 Å². The average molecular weight is 262 g/mol. The molecule has 0 spiro atoms. The molecule has 0 radical (unpaired) electrons. The van der Waals surface area contributed by atoms with Crippen LogP contribution >= 0.6 is 0 Å². The van der Waals surface area contributed by atoms with Gasteiger partial charge in [-0.15, -0.1) is 0 Å². The van der Waals surface area contributed by atoms with E-state index in [1.54, 1.807) is 13.8 Å². The Hall–Kier alpha value is -1.81. The molecule has 2 rings (SSSR count). The minimum atomic E-state index is -0.965. The van der Waals surface area contributed by atoms with Gasteiger partial charge < -0.3 is 14.6 Å². The monoisotopic (exact) mass is 262 g/mol. The van der Waals surface area contributed by atoms with Crippen molar-refractivity contribution < 1.29 is 19.4 Å². The predicted molar refractivity (Wildman–Crippen MR) is 70.1 cm³/mol. The lowest BCUT2D eigenvalue weighted by atomic mass is 10.0. The number of rotatable bonds is 4. The Labute approximate surface area is 112 Å². The van der Waals surface area contributed by atoms with Gasteiger partial charge >= 0.3 is 5.97 Å². The van der Waals surface area contributed by atoms with Crippen molar-refractivity contribution in [2.75, 3.05) is 0 Å². The fraction of sp³-hybridized carbons (Fsp3) is 0.400. The van der Waals surface area contributed by atoms with Crippen molar-refractivity contribution in [3.63, 3.8) is 0 Å². The van der Waals surface area contributed by atoms with Crippen LogP contribution in [0.2, 0.25) is 0 Å². The smallest absolute Gasteiger partial charge is 0.337 e. The van der Waals surface area contributed by atoms with Gasteiger partial charge in [0.15, 0.2) is 0 Å². The number of aliphatic hydroxyl groups is 1. The lowest BCUT2D eigenvalue weighted by Crippen LogP contribution is -2.35. The quantitative estimate of drug-likeness (QED) is 0.845. The maximum atomic E-state index is 11.4. The standard InChI is InChI=1S/C15H18O4/c1-15(2)18-13(10-14(17)19-15)9-12(16)8-11-6-4-3-5-7-11/h3-7,10,12,16H,8-9H2,1-2H3. The highest BCUT2D eigenvalue weighted by molar-refractivity contribution is 5.83. The summed E-state index contributed by atoms with van der Waals surface area (Å²) in [6.45, 7) is 3.34. The molecule has 1 aliphatic heterocycles. The Balaban J connectivity index is 1.95. The molecule has 1 heterocycles. The molecule has 102 valence electrons. The number of ether oxygens (including phenoxy) is 2. The van der Waals surface area contributed by atoms with Gasteiger partial charge in [0.2, 0.25) is 5.79 Å². The van der Waals surface area contributed by atoms with Gasteiger partial charge in [-0.2, -0.15) is 0 Å². The van der Waals surface area contributed by atoms with Crippen LogP contribution in [0, 0.1) is 0 Å². The molecule has 1 unspecified atom stereocenters. The van der Waals surface area contributed by atoms with Crippen molar-refractivity contribution in [2.45, 2.75) is 38.6 Å². The predicted octanol–water partition coefficient (Wildman–Crippen LogP) is 2.17. The highest BCUT2D eigenvalue weighted by Crippen LogP contribution is 2.25. The second-order valence-corrected chi connectivity index (χ2v) is 5.08. The van der Waals surface area contributed by atoms with Crippen molar-refractivity contribution in [1.29, 1.82) is 0 Å². The molecule has 1 aromatic rings. The Kier molecular flexibility index (Phi) is 3.90. The summed E-state index contributed by atoms with van der Waals surface area (Å²) in [6, 6.07) is 9.70. The van der Waals surface area contributed by atoms with Crippen LogP contribution in [0.5, 0.6) is 0 Å². The van der Waals surface area contributed by atoms with Crippen LogP contribution in [0.3, 0.4) is 0 Å². The van der Waals surface area contributed by atoms with Gasteiger partial charge in [-0.1, -0.05) is 30.3 Å². The number of carbonyl (C=O) groups is 1. The van der Waals surface area contributed by atoms with E-state index >= 15 is 0 Å². The summed E-state index contributed by atoms with van der Waals surface area (Å²) in [6.07, 6.45) is 1.53. The van der Waals surface area contributed by atoms with Crippen LogP contribution in [0.1, 0.15) is 25.8 Å². The lowest BCUT2D eigenvalue weighted by Gasteiger charge is -2.31. The summed E-state index contributed by atoms with van der Waals surface area (Å²) in [5.41, 5.74) is 1.05. The Morgan fingerprint density at radius 2 is 1.84 bits per heavy atom. The summed E-state index contributed by atoms with van der Waals surface area (Å²) in [7, 11) is 0. The van der Waals surface area contributed by atoms with Crippen LogP contribution in [-0.2, 0) is 20.7 Å². The molecule has 1 aromatic carbocycles. The maximum absolute atomic E-state index is 11.4. The van der Waals surface area contributed by atoms with E-state index in [0.29, 0.717) is 18.6 Å². The third-order valence-electron chi connectivity index (χ3n) is 2.75. The molecule has 1 N–H and O–H groups in total. The van der Waals surface area contributed by atoms with Crippen molar-refractivity contribution in [1.82, 2.24) is 0 Å². The third-order valence-corrected chi connectivity index (χ3v) is 2.75. The number of hydrogen-bond acceptors (Lipinski definition) is 4. The van der Waals surface area contributed by atoms with Crippen molar-refractivity contribution >= 4 is 5.97 Å². The number of cyclic esters (lactones) is 1. The van der Waals surface area contributed by atoms with Gasteiger partial charge in [-0.25, -0.2) is 4.79 Å². The van der Waals surface area contributed by atoms with E-state index in [1.165, 1.54) is 6.08 Å². The van der Waals surface area contributed by atoms with Crippen LogP contribution in [0.15, 0.2) is 42.2 Å². The fourth-order valence-corrected chi connectivity index (χ4v) is 2.06. The fourth-order valence-electron chi connectivity index (χ4n) is 2.06. The van der Waals surface area contributed by atoms with E-state index in [1.807, 2.05) is 30.3 Å². The largest absolute Gasteiger partial charge is 0.457 e. The first kappa shape index (κ1) is 13.6. The zero-order chi connectivity index (χ0) is 13.9. The van der Waals surface area contributed by atoms with Crippen LogP contribution in [0.25, 0.3) is 0 Å². The normalized spacial score (nSPS) is 19.1. The first-order chi connectivity index (χ1) is 8.94. The van der Waals surface area contributed by atoms with E-state index in [9.17, 15) is 9.90 Å². The van der Waals surface area contributed by atoms with E-state index in [-0.39, 0.29) is 0 Å². The molecule has 0 aliphatic carbocycles. The van der Waals surface area contributed by atoms with Gasteiger partial charge in [0.25, 0.3) is 0 Å². The molecule has 0 saturated carbocycles. The second-order valence-electron chi connectivity index (χ2n) is 5.08. The molecule has 19 heavy (non-hydrogen) atoms. The second kappa shape index (κ2) is 5.45. The molecular formula is C15H18O4. The zero-order valence-corrected chi connectivity index (χ0v) is 11.1. The number of aliphatic hydroxyl groups excluding tert-OH is 1. The number of hydrogen-bond donors (Lipinski definition) is 1. The molecule has 0 saturated heterocycles. The van der Waals surface area contributed by atoms with Crippen LogP contribution in [-0.4, -0.2) is 23.0 Å². The van der Waals surface area contributed by atoms with Gasteiger partial charge in [-0.05, 0) is 12.0 Å². The van der Waals surface area contributed by atoms with Gasteiger partial charge in [0.1, 0.15) is 5.76 Å². The van der Waals surface area contributed by atoms with Gasteiger partial charge in [0.05, 0.1) is 12.2 Å². The third kappa shape index (κ3) is 4.10. The highest BCUT2D eigenvalue weighted by Gasteiger charge is 2.30. The zero-order valence-electron chi connectivity index (χ0n) is 11.1. The molecule has 0 amide bonds. The molecule has 0 aromatic heterocycles. The summed E-state index contributed by atoms with van der Waals surface area (Å²) in [5, 5.41) is 10.0. The van der Waals surface area contributed by atoms with Crippen molar-refractivity contribution in [2.24, 2.45) is 0 Å². The van der Waals surface area contributed by atoms with E-state index < -0.39 is 17.9 Å². The first-order valence-corrected chi connectivity index (χ1v) is 6.29. The van der Waals surface area contributed by atoms with Crippen LogP contribution in [0.4, 0.5) is 0 Å². The highest BCUT2D eigenvalue weighted by atomic mass is 16.7. The van der Waals surface area contributed by atoms with Gasteiger partial charge in [-0.3, -0.25) is 0 Å². The van der Waals surface area contributed by atoms with Crippen molar-refractivity contribution in [3.8, 4) is 0 Å². The minimum absolute atomic E-state index is 0.299.